The van der Waals surface area contributed by atoms with Crippen LogP contribution in [0.1, 0.15) is 34.1 Å². The third-order valence-corrected chi connectivity index (χ3v) is 3.94. The van der Waals surface area contributed by atoms with Gasteiger partial charge < -0.3 is 0 Å². The molecule has 0 heterocycles. The molecule has 76 valence electrons. The Labute approximate surface area is 87.5 Å². The lowest BCUT2D eigenvalue weighted by atomic mass is 9.83. The molecule has 0 N–H and O–H groups in total. The van der Waals surface area contributed by atoms with E-state index in [0.29, 0.717) is 5.25 Å². The Bertz CT molecular complexity index is 189. The van der Waals surface area contributed by atoms with Crippen LogP contribution in [0.3, 0.4) is 0 Å². The number of hydrogen-bond acceptors (Lipinski definition) is 1. The maximum absolute atomic E-state index is 3.94. The molecule has 0 fully saturated rings. The summed E-state index contributed by atoms with van der Waals surface area (Å²) in [6, 6.07) is 0. The standard InChI is InChI=1S/C12H22S/c1-7-12(5,11(4)13-6)9-8-10(2)3/h7-8,11H,1,9H2,2-6H3. The number of thioether (sulfide) groups is 1. The van der Waals surface area contributed by atoms with Gasteiger partial charge in [0, 0.05) is 10.7 Å². The molecule has 0 radical (unpaired) electrons. The van der Waals surface area contributed by atoms with Crippen molar-refractivity contribution in [2.45, 2.75) is 39.4 Å². The monoisotopic (exact) mass is 198 g/mol. The van der Waals surface area contributed by atoms with Crippen LogP contribution in [-0.2, 0) is 0 Å². The van der Waals surface area contributed by atoms with Gasteiger partial charge in [-0.15, -0.1) is 6.58 Å². The van der Waals surface area contributed by atoms with E-state index in [-0.39, 0.29) is 5.41 Å². The van der Waals surface area contributed by atoms with Gasteiger partial charge in [0.25, 0.3) is 0 Å². The molecule has 0 spiro atoms. The van der Waals surface area contributed by atoms with Crippen molar-refractivity contribution in [3.05, 3.63) is 24.3 Å². The van der Waals surface area contributed by atoms with Gasteiger partial charge in [-0.2, -0.15) is 11.8 Å². The van der Waals surface area contributed by atoms with E-state index in [4.69, 9.17) is 0 Å². The highest BCUT2D eigenvalue weighted by atomic mass is 32.2. The molecular weight excluding hydrogens is 176 g/mol. The van der Waals surface area contributed by atoms with E-state index in [1.807, 2.05) is 11.8 Å². The molecule has 0 aromatic carbocycles. The molecule has 0 aromatic rings. The van der Waals surface area contributed by atoms with Crippen molar-refractivity contribution in [3.8, 4) is 0 Å². The second-order valence-corrected chi connectivity index (χ2v) is 5.25. The van der Waals surface area contributed by atoms with Crippen molar-refractivity contribution >= 4 is 11.8 Å². The molecule has 0 aliphatic carbocycles. The zero-order valence-electron chi connectivity index (χ0n) is 9.55. The third kappa shape index (κ3) is 4.04. The van der Waals surface area contributed by atoms with Gasteiger partial charge in [-0.05, 0) is 26.5 Å². The first kappa shape index (κ1) is 12.8. The Morgan fingerprint density at radius 1 is 1.54 bits per heavy atom. The van der Waals surface area contributed by atoms with Gasteiger partial charge in [-0.3, -0.25) is 0 Å². The first-order valence-corrected chi connectivity index (χ1v) is 6.05. The summed E-state index contributed by atoms with van der Waals surface area (Å²) in [6.07, 6.45) is 7.65. The molecule has 0 nitrogen and oxygen atoms in total. The average Bonchev–Trinajstić information content (AvgIpc) is 2.12. The Kier molecular flexibility index (Phi) is 5.46. The van der Waals surface area contributed by atoms with E-state index in [0.717, 1.165) is 6.42 Å². The van der Waals surface area contributed by atoms with Gasteiger partial charge in [0.15, 0.2) is 0 Å². The van der Waals surface area contributed by atoms with Crippen LogP contribution in [0.4, 0.5) is 0 Å². The summed E-state index contributed by atoms with van der Waals surface area (Å²) in [7, 11) is 0. The van der Waals surface area contributed by atoms with Gasteiger partial charge in [0.2, 0.25) is 0 Å². The molecular formula is C12H22S. The molecule has 0 rings (SSSR count). The van der Waals surface area contributed by atoms with Crippen molar-refractivity contribution in [3.63, 3.8) is 0 Å². The van der Waals surface area contributed by atoms with Gasteiger partial charge in [0.1, 0.15) is 0 Å². The summed E-state index contributed by atoms with van der Waals surface area (Å²) in [5.74, 6) is 0. The topological polar surface area (TPSA) is 0 Å². The van der Waals surface area contributed by atoms with E-state index >= 15 is 0 Å². The fraction of sp³-hybridized carbons (Fsp3) is 0.667. The molecule has 13 heavy (non-hydrogen) atoms. The molecule has 0 aliphatic rings. The van der Waals surface area contributed by atoms with Crippen LogP contribution in [0.15, 0.2) is 24.3 Å². The van der Waals surface area contributed by atoms with Crippen LogP contribution in [0.2, 0.25) is 0 Å². The maximum atomic E-state index is 3.94. The largest absolute Gasteiger partial charge is 0.161 e. The zero-order chi connectivity index (χ0) is 10.5. The van der Waals surface area contributed by atoms with Gasteiger partial charge in [-0.1, -0.05) is 31.6 Å². The molecule has 0 amide bonds. The average molecular weight is 198 g/mol. The van der Waals surface area contributed by atoms with Crippen molar-refractivity contribution in [1.29, 1.82) is 0 Å². The lowest BCUT2D eigenvalue weighted by Gasteiger charge is -2.30. The molecule has 0 saturated carbocycles. The van der Waals surface area contributed by atoms with Crippen LogP contribution in [0, 0.1) is 5.41 Å². The SMILES string of the molecule is C=CC(C)(CC=C(C)C)C(C)SC. The van der Waals surface area contributed by atoms with Gasteiger partial charge >= 0.3 is 0 Å². The molecule has 0 bridgehead atoms. The first-order valence-electron chi connectivity index (χ1n) is 4.76. The molecule has 0 saturated heterocycles. The molecule has 0 aliphatic heterocycles. The van der Waals surface area contributed by atoms with E-state index in [9.17, 15) is 0 Å². The van der Waals surface area contributed by atoms with Crippen molar-refractivity contribution in [1.82, 2.24) is 0 Å². The highest BCUT2D eigenvalue weighted by Gasteiger charge is 2.25. The second-order valence-electron chi connectivity index (χ2n) is 4.07. The highest BCUT2D eigenvalue weighted by Crippen LogP contribution is 2.34. The van der Waals surface area contributed by atoms with Crippen molar-refractivity contribution in [2.75, 3.05) is 6.26 Å². The van der Waals surface area contributed by atoms with Crippen LogP contribution in [0.5, 0.6) is 0 Å². The minimum Gasteiger partial charge on any atom is -0.161 e. The van der Waals surface area contributed by atoms with E-state index in [1.54, 1.807) is 0 Å². The van der Waals surface area contributed by atoms with Crippen molar-refractivity contribution < 1.29 is 0 Å². The minimum atomic E-state index is 0.233. The minimum absolute atomic E-state index is 0.233. The van der Waals surface area contributed by atoms with Crippen LogP contribution < -0.4 is 0 Å². The first-order chi connectivity index (χ1) is 5.96. The summed E-state index contributed by atoms with van der Waals surface area (Å²) in [6.45, 7) is 12.8. The molecule has 0 aromatic heterocycles. The Morgan fingerprint density at radius 3 is 2.38 bits per heavy atom. The van der Waals surface area contributed by atoms with E-state index in [2.05, 4.69) is 52.7 Å². The Balaban J connectivity index is 4.45. The van der Waals surface area contributed by atoms with E-state index in [1.165, 1.54) is 5.57 Å². The maximum Gasteiger partial charge on any atom is 0.0107 e. The summed E-state index contributed by atoms with van der Waals surface area (Å²) < 4.78 is 0. The molecule has 1 heteroatoms. The predicted octanol–water partition coefficient (Wildman–Crippen LogP) is 4.29. The van der Waals surface area contributed by atoms with Gasteiger partial charge in [0.05, 0.1) is 0 Å². The fourth-order valence-corrected chi connectivity index (χ4v) is 1.84. The number of allylic oxidation sites excluding steroid dienone is 3. The highest BCUT2D eigenvalue weighted by molar-refractivity contribution is 7.99. The summed E-state index contributed by atoms with van der Waals surface area (Å²) in [5, 5.41) is 0.626. The summed E-state index contributed by atoms with van der Waals surface area (Å²) in [5.41, 5.74) is 1.62. The molecule has 2 atom stereocenters. The zero-order valence-corrected chi connectivity index (χ0v) is 10.4. The summed E-state index contributed by atoms with van der Waals surface area (Å²) in [4.78, 5) is 0. The Hall–Kier alpha value is -0.170. The lowest BCUT2D eigenvalue weighted by Crippen LogP contribution is -2.24. The van der Waals surface area contributed by atoms with Crippen LogP contribution in [0.25, 0.3) is 0 Å². The molecule has 2 unspecified atom stereocenters. The summed E-state index contributed by atoms with van der Waals surface area (Å²) >= 11 is 1.91. The number of rotatable bonds is 5. The predicted molar refractivity (Wildman–Crippen MR) is 65.3 cm³/mol. The Morgan fingerprint density at radius 2 is 2.08 bits per heavy atom. The fourth-order valence-electron chi connectivity index (χ4n) is 1.11. The number of hydrogen-bond donors (Lipinski definition) is 0. The smallest absolute Gasteiger partial charge is 0.0107 e. The van der Waals surface area contributed by atoms with Crippen molar-refractivity contribution in [2.24, 2.45) is 5.41 Å². The normalized spacial score (nSPS) is 17.3. The van der Waals surface area contributed by atoms with Gasteiger partial charge in [-0.25, -0.2) is 0 Å². The quantitative estimate of drug-likeness (QED) is 0.594. The van der Waals surface area contributed by atoms with Crippen LogP contribution >= 0.6 is 11.8 Å². The lowest BCUT2D eigenvalue weighted by molar-refractivity contribution is 0.431. The van der Waals surface area contributed by atoms with E-state index < -0.39 is 0 Å². The second kappa shape index (κ2) is 5.54. The van der Waals surface area contributed by atoms with Crippen LogP contribution in [-0.4, -0.2) is 11.5 Å². The third-order valence-electron chi connectivity index (χ3n) is 2.70.